The highest BCUT2D eigenvalue weighted by Crippen LogP contribution is 2.51. The van der Waals surface area contributed by atoms with Gasteiger partial charge in [-0.05, 0) is 31.6 Å². The first-order valence-corrected chi connectivity index (χ1v) is 7.16. The number of carbonyl (C=O) groups excluding carboxylic acids is 2. The number of hydrogen-bond acceptors (Lipinski definition) is 3. The number of hydrogen-bond donors (Lipinski definition) is 1. The maximum absolute atomic E-state index is 12.0. The van der Waals surface area contributed by atoms with Crippen LogP contribution < -0.4 is 5.32 Å². The predicted octanol–water partition coefficient (Wildman–Crippen LogP) is 1.77. The Morgan fingerprint density at radius 3 is 2.37 bits per heavy atom. The van der Waals surface area contributed by atoms with Gasteiger partial charge in [0, 0.05) is 25.0 Å². The highest BCUT2D eigenvalue weighted by molar-refractivity contribution is 5.82. The minimum Gasteiger partial charge on any atom is -0.450 e. The van der Waals surface area contributed by atoms with E-state index in [0.29, 0.717) is 19.7 Å². The zero-order valence-corrected chi connectivity index (χ0v) is 12.1. The van der Waals surface area contributed by atoms with Gasteiger partial charge in [0.1, 0.15) is 0 Å². The lowest BCUT2D eigenvalue weighted by Crippen LogP contribution is -2.47. The highest BCUT2D eigenvalue weighted by atomic mass is 16.6. The number of nitrogens with one attached hydrogen (secondary N) is 1. The van der Waals surface area contributed by atoms with E-state index < -0.39 is 0 Å². The van der Waals surface area contributed by atoms with Crippen molar-refractivity contribution in [3.05, 3.63) is 0 Å². The second kappa shape index (κ2) is 5.39. The van der Waals surface area contributed by atoms with Crippen LogP contribution in [0, 0.1) is 11.3 Å². The number of carbonyl (C=O) groups is 2. The molecule has 108 valence electrons. The Kier molecular flexibility index (Phi) is 4.02. The normalized spacial score (nSPS) is 25.8. The first-order chi connectivity index (χ1) is 8.94. The van der Waals surface area contributed by atoms with Crippen LogP contribution in [0.1, 0.15) is 40.0 Å². The summed E-state index contributed by atoms with van der Waals surface area (Å²) in [6.45, 7) is 7.80. The van der Waals surface area contributed by atoms with Crippen molar-refractivity contribution in [2.45, 2.75) is 46.1 Å². The third-order valence-electron chi connectivity index (χ3n) is 4.20. The minimum atomic E-state index is -0.240. The van der Waals surface area contributed by atoms with Crippen molar-refractivity contribution in [2.75, 3.05) is 19.7 Å². The lowest BCUT2D eigenvalue weighted by atomic mass is 10.0. The molecule has 19 heavy (non-hydrogen) atoms. The molecule has 2 aliphatic rings. The predicted molar refractivity (Wildman–Crippen MR) is 71.6 cm³/mol. The van der Waals surface area contributed by atoms with E-state index in [-0.39, 0.29) is 29.4 Å². The highest BCUT2D eigenvalue weighted by Gasteiger charge is 2.50. The van der Waals surface area contributed by atoms with Gasteiger partial charge in [-0.1, -0.05) is 13.8 Å². The first kappa shape index (κ1) is 14.2. The molecule has 5 nitrogen and oxygen atoms in total. The Bertz CT molecular complexity index is 360. The van der Waals surface area contributed by atoms with Gasteiger partial charge in [-0.25, -0.2) is 4.79 Å². The molecule has 5 heteroatoms. The van der Waals surface area contributed by atoms with Gasteiger partial charge >= 0.3 is 6.09 Å². The van der Waals surface area contributed by atoms with Crippen molar-refractivity contribution in [3.63, 3.8) is 0 Å². The molecule has 2 rings (SSSR count). The van der Waals surface area contributed by atoms with E-state index in [1.54, 1.807) is 4.90 Å². The lowest BCUT2D eigenvalue weighted by Gasteiger charge is -2.31. The molecule has 1 saturated heterocycles. The number of likely N-dealkylation sites (tertiary alicyclic amines) is 1. The molecule has 0 aromatic heterocycles. The molecule has 1 aliphatic heterocycles. The molecule has 1 heterocycles. The van der Waals surface area contributed by atoms with E-state index in [9.17, 15) is 9.59 Å². The summed E-state index contributed by atoms with van der Waals surface area (Å²) in [4.78, 5) is 25.3. The monoisotopic (exact) mass is 268 g/mol. The quantitative estimate of drug-likeness (QED) is 0.848. The van der Waals surface area contributed by atoms with Crippen LogP contribution in [0.5, 0.6) is 0 Å². The van der Waals surface area contributed by atoms with Gasteiger partial charge < -0.3 is 15.0 Å². The van der Waals surface area contributed by atoms with Gasteiger partial charge in [-0.2, -0.15) is 0 Å². The zero-order chi connectivity index (χ0) is 14.0. The average Bonchev–Trinajstić information content (AvgIpc) is 3.00. The van der Waals surface area contributed by atoms with Gasteiger partial charge in [-0.3, -0.25) is 4.79 Å². The van der Waals surface area contributed by atoms with Gasteiger partial charge in [0.25, 0.3) is 0 Å². The molecule has 1 unspecified atom stereocenters. The topological polar surface area (TPSA) is 58.6 Å². The molecular weight excluding hydrogens is 244 g/mol. The molecule has 0 aromatic rings. The van der Waals surface area contributed by atoms with Gasteiger partial charge in [-0.15, -0.1) is 0 Å². The van der Waals surface area contributed by atoms with E-state index in [0.717, 1.165) is 19.3 Å². The SMILES string of the molecule is CCOC(=O)N1CCC(NC(=O)C2CC2(C)C)CC1. The van der Waals surface area contributed by atoms with Crippen molar-refractivity contribution in [2.24, 2.45) is 11.3 Å². The van der Waals surface area contributed by atoms with E-state index in [2.05, 4.69) is 19.2 Å². The molecule has 2 amide bonds. The minimum absolute atomic E-state index is 0.176. The Balaban J connectivity index is 1.72. The molecule has 1 N–H and O–H groups in total. The Morgan fingerprint density at radius 2 is 1.89 bits per heavy atom. The van der Waals surface area contributed by atoms with Crippen molar-refractivity contribution in [3.8, 4) is 0 Å². The zero-order valence-electron chi connectivity index (χ0n) is 12.1. The summed E-state index contributed by atoms with van der Waals surface area (Å²) in [5, 5.41) is 3.11. The number of ether oxygens (including phenoxy) is 1. The Labute approximate surface area is 114 Å². The average molecular weight is 268 g/mol. The van der Waals surface area contributed by atoms with Crippen LogP contribution in [-0.2, 0) is 9.53 Å². The van der Waals surface area contributed by atoms with Crippen LogP contribution in [0.2, 0.25) is 0 Å². The molecule has 1 atom stereocenters. The van der Waals surface area contributed by atoms with E-state index in [1.807, 2.05) is 6.92 Å². The van der Waals surface area contributed by atoms with Crippen LogP contribution in [0.3, 0.4) is 0 Å². The molecule has 2 fully saturated rings. The fourth-order valence-corrected chi connectivity index (χ4v) is 2.64. The lowest BCUT2D eigenvalue weighted by molar-refractivity contribution is -0.123. The van der Waals surface area contributed by atoms with Gasteiger partial charge in [0.15, 0.2) is 0 Å². The van der Waals surface area contributed by atoms with Crippen LogP contribution in [0.4, 0.5) is 4.79 Å². The van der Waals surface area contributed by atoms with Crippen LogP contribution in [0.25, 0.3) is 0 Å². The summed E-state index contributed by atoms with van der Waals surface area (Å²) in [6.07, 6.45) is 2.38. The van der Waals surface area contributed by atoms with Crippen molar-refractivity contribution in [1.29, 1.82) is 0 Å². The molecule has 0 radical (unpaired) electrons. The first-order valence-electron chi connectivity index (χ1n) is 7.16. The summed E-state index contributed by atoms with van der Waals surface area (Å²) >= 11 is 0. The summed E-state index contributed by atoms with van der Waals surface area (Å²) in [6, 6.07) is 0.203. The summed E-state index contributed by atoms with van der Waals surface area (Å²) < 4.78 is 4.97. The van der Waals surface area contributed by atoms with E-state index in [4.69, 9.17) is 4.74 Å². The number of piperidine rings is 1. The van der Waals surface area contributed by atoms with Crippen LogP contribution >= 0.6 is 0 Å². The van der Waals surface area contributed by atoms with E-state index in [1.165, 1.54) is 0 Å². The smallest absolute Gasteiger partial charge is 0.409 e. The second-order valence-corrected chi connectivity index (χ2v) is 6.21. The summed E-state index contributed by atoms with van der Waals surface area (Å²) in [5.41, 5.74) is 0.176. The Morgan fingerprint density at radius 1 is 1.32 bits per heavy atom. The van der Waals surface area contributed by atoms with E-state index >= 15 is 0 Å². The number of rotatable bonds is 3. The van der Waals surface area contributed by atoms with Crippen molar-refractivity contribution >= 4 is 12.0 Å². The summed E-state index contributed by atoms with van der Waals surface area (Å²) in [7, 11) is 0. The van der Waals surface area contributed by atoms with Gasteiger partial charge in [0.2, 0.25) is 5.91 Å². The fraction of sp³-hybridized carbons (Fsp3) is 0.857. The molecular formula is C14H24N2O3. The Hall–Kier alpha value is -1.26. The van der Waals surface area contributed by atoms with Crippen molar-refractivity contribution in [1.82, 2.24) is 10.2 Å². The number of amides is 2. The third-order valence-corrected chi connectivity index (χ3v) is 4.20. The molecule has 0 bridgehead atoms. The number of nitrogens with zero attached hydrogens (tertiary/aromatic N) is 1. The standard InChI is InChI=1S/C14H24N2O3/c1-4-19-13(18)16-7-5-10(6-8-16)15-12(17)11-9-14(11,2)3/h10-11H,4-9H2,1-3H3,(H,15,17). The molecule has 0 spiro atoms. The second-order valence-electron chi connectivity index (χ2n) is 6.21. The maximum atomic E-state index is 12.0. The fourth-order valence-electron chi connectivity index (χ4n) is 2.64. The van der Waals surface area contributed by atoms with Crippen molar-refractivity contribution < 1.29 is 14.3 Å². The molecule has 1 aliphatic carbocycles. The largest absolute Gasteiger partial charge is 0.450 e. The maximum Gasteiger partial charge on any atom is 0.409 e. The third kappa shape index (κ3) is 3.39. The molecule has 0 aromatic carbocycles. The van der Waals surface area contributed by atoms with Crippen LogP contribution in [0.15, 0.2) is 0 Å². The molecule has 1 saturated carbocycles. The van der Waals surface area contributed by atoms with Gasteiger partial charge in [0.05, 0.1) is 6.61 Å². The van der Waals surface area contributed by atoms with Crippen LogP contribution in [-0.4, -0.2) is 42.6 Å². The summed E-state index contributed by atoms with van der Waals surface area (Å²) in [5.74, 6) is 0.357.